The first kappa shape index (κ1) is 11.4. The van der Waals surface area contributed by atoms with Gasteiger partial charge in [0.05, 0.1) is 31.9 Å². The van der Waals surface area contributed by atoms with Crippen LogP contribution in [0.15, 0.2) is 35.5 Å². The lowest BCUT2D eigenvalue weighted by molar-refractivity contribution is -0.918. The minimum absolute atomic E-state index is 0.0294. The van der Waals surface area contributed by atoms with E-state index in [0.717, 1.165) is 31.9 Å². The van der Waals surface area contributed by atoms with E-state index in [9.17, 15) is 5.21 Å². The second-order valence-electron chi connectivity index (χ2n) is 6.39. The number of fused-ring (bicyclic) bond motifs is 1. The van der Waals surface area contributed by atoms with Crippen LogP contribution >= 0.6 is 0 Å². The summed E-state index contributed by atoms with van der Waals surface area (Å²) in [6.07, 6.45) is 0. The van der Waals surface area contributed by atoms with Gasteiger partial charge in [-0.15, -0.1) is 0 Å². The lowest BCUT2D eigenvalue weighted by Crippen LogP contribution is -3.17. The second-order valence-corrected chi connectivity index (χ2v) is 6.39. The van der Waals surface area contributed by atoms with Crippen LogP contribution in [0.2, 0.25) is 0 Å². The van der Waals surface area contributed by atoms with Crippen LogP contribution in [0.5, 0.6) is 0 Å². The van der Waals surface area contributed by atoms with Gasteiger partial charge in [-0.3, -0.25) is 0 Å². The maximum Gasteiger partial charge on any atom is 0.135 e. The number of oxime groups is 1. The summed E-state index contributed by atoms with van der Waals surface area (Å²) in [6.45, 7) is 7.01. The predicted molar refractivity (Wildman–Crippen MR) is 72.0 cm³/mol. The van der Waals surface area contributed by atoms with Crippen LogP contribution in [0.25, 0.3) is 0 Å². The summed E-state index contributed by atoms with van der Waals surface area (Å²) >= 11 is 0. The van der Waals surface area contributed by atoms with Gasteiger partial charge < -0.3 is 15.0 Å². The van der Waals surface area contributed by atoms with Crippen molar-refractivity contribution in [2.24, 2.45) is 11.1 Å². The molecule has 1 aromatic carbocycles. The topological polar surface area (TPSA) is 41.5 Å². The zero-order valence-corrected chi connectivity index (χ0v) is 11.1. The van der Waals surface area contributed by atoms with Crippen LogP contribution in [-0.2, 0) is 5.41 Å². The number of nitrogens with one attached hydrogen (secondary N) is 2. The first-order valence-corrected chi connectivity index (χ1v) is 7.27. The molecule has 2 atom stereocenters. The van der Waals surface area contributed by atoms with Crippen LogP contribution < -0.4 is 9.80 Å². The molecule has 5 rings (SSSR count). The van der Waals surface area contributed by atoms with Crippen LogP contribution in [0.1, 0.15) is 5.56 Å². The summed E-state index contributed by atoms with van der Waals surface area (Å²) in [4.78, 5) is 3.38. The Balaban J connectivity index is 1.88. The number of hydrogen-bond acceptors (Lipinski definition) is 2. The fourth-order valence-electron chi connectivity index (χ4n) is 4.62. The molecule has 4 fully saturated rings. The Morgan fingerprint density at radius 3 is 2.26 bits per heavy atom. The summed E-state index contributed by atoms with van der Waals surface area (Å²) < 4.78 is 0. The molecule has 4 heterocycles. The van der Waals surface area contributed by atoms with E-state index in [4.69, 9.17) is 0 Å². The molecule has 0 aromatic heterocycles. The van der Waals surface area contributed by atoms with Gasteiger partial charge in [0.15, 0.2) is 0 Å². The monoisotopic (exact) mass is 259 g/mol. The Morgan fingerprint density at radius 2 is 1.68 bits per heavy atom. The Labute approximate surface area is 113 Å². The minimum Gasteiger partial charge on any atom is -0.411 e. The van der Waals surface area contributed by atoms with E-state index >= 15 is 0 Å². The van der Waals surface area contributed by atoms with Gasteiger partial charge in [-0.05, 0) is 5.56 Å². The number of piperidine rings is 2. The van der Waals surface area contributed by atoms with Crippen molar-refractivity contribution in [1.82, 2.24) is 0 Å². The van der Waals surface area contributed by atoms with Gasteiger partial charge in [0.1, 0.15) is 24.4 Å². The number of quaternary nitrogens is 2. The zero-order valence-electron chi connectivity index (χ0n) is 11.1. The zero-order chi connectivity index (χ0) is 12.9. The Kier molecular flexibility index (Phi) is 2.44. The molecule has 4 heteroatoms. The van der Waals surface area contributed by atoms with Crippen LogP contribution in [0, 0.1) is 5.92 Å². The van der Waals surface area contributed by atoms with E-state index in [2.05, 4.69) is 35.5 Å². The molecular formula is C15H21N3O+2. The Bertz CT molecular complexity index is 497. The van der Waals surface area contributed by atoms with Crippen molar-refractivity contribution in [3.05, 3.63) is 35.9 Å². The highest BCUT2D eigenvalue weighted by atomic mass is 16.4. The predicted octanol–water partition coefficient (Wildman–Crippen LogP) is -1.82. The van der Waals surface area contributed by atoms with E-state index < -0.39 is 0 Å². The summed E-state index contributed by atoms with van der Waals surface area (Å²) in [5.74, 6) is 0.459. The highest BCUT2D eigenvalue weighted by molar-refractivity contribution is 5.97. The quantitative estimate of drug-likeness (QED) is 0.403. The maximum absolute atomic E-state index is 9.59. The number of benzene rings is 1. The summed E-state index contributed by atoms with van der Waals surface area (Å²) in [6, 6.07) is 10.7. The van der Waals surface area contributed by atoms with Crippen molar-refractivity contribution in [3.63, 3.8) is 0 Å². The van der Waals surface area contributed by atoms with Crippen molar-refractivity contribution in [2.45, 2.75) is 5.41 Å². The molecule has 4 aliphatic rings. The Morgan fingerprint density at radius 1 is 1.05 bits per heavy atom. The first-order valence-electron chi connectivity index (χ1n) is 7.27. The Hall–Kier alpha value is -1.39. The lowest BCUT2D eigenvalue weighted by Gasteiger charge is -2.45. The molecule has 0 radical (unpaired) electrons. The number of rotatable bonds is 1. The van der Waals surface area contributed by atoms with Gasteiger partial charge in [-0.1, -0.05) is 35.5 Å². The summed E-state index contributed by atoms with van der Waals surface area (Å²) in [7, 11) is 0. The average molecular weight is 259 g/mol. The third kappa shape index (κ3) is 1.56. The first-order chi connectivity index (χ1) is 9.32. The number of hydrogen-bond donors (Lipinski definition) is 3. The largest absolute Gasteiger partial charge is 0.411 e. The minimum atomic E-state index is -0.0294. The van der Waals surface area contributed by atoms with E-state index in [1.54, 1.807) is 9.80 Å². The smallest absolute Gasteiger partial charge is 0.135 e. The number of nitrogens with zero attached hydrogens (tertiary/aromatic N) is 1. The molecule has 0 amide bonds. The fourth-order valence-corrected chi connectivity index (χ4v) is 4.62. The third-order valence-corrected chi connectivity index (χ3v) is 5.32. The summed E-state index contributed by atoms with van der Waals surface area (Å²) in [5, 5.41) is 13.4. The molecule has 4 saturated heterocycles. The van der Waals surface area contributed by atoms with E-state index in [-0.39, 0.29) is 5.41 Å². The van der Waals surface area contributed by atoms with Gasteiger partial charge in [-0.2, -0.15) is 0 Å². The van der Waals surface area contributed by atoms with Crippen LogP contribution in [-0.4, -0.2) is 50.2 Å². The standard InChI is InChI=1S/C15H19N3O/c19-16-14-12-8-17-6-7-18(9-12)11-15(14,10-17)13-4-2-1-3-5-13/h1-5,12,19H,6-11H2/p+2/b16-14+. The van der Waals surface area contributed by atoms with Gasteiger partial charge >= 0.3 is 0 Å². The fraction of sp³-hybridized carbons (Fsp3) is 0.533. The normalized spacial score (nSPS) is 42.5. The van der Waals surface area contributed by atoms with Crippen LogP contribution in [0.3, 0.4) is 0 Å². The highest BCUT2D eigenvalue weighted by Crippen LogP contribution is 2.31. The molecule has 2 unspecified atom stereocenters. The molecule has 1 aromatic rings. The van der Waals surface area contributed by atoms with Gasteiger partial charge in [0.2, 0.25) is 0 Å². The molecular weight excluding hydrogens is 238 g/mol. The van der Waals surface area contributed by atoms with Crippen molar-refractivity contribution in [1.29, 1.82) is 0 Å². The van der Waals surface area contributed by atoms with Gasteiger partial charge in [-0.25, -0.2) is 0 Å². The molecule has 4 bridgehead atoms. The van der Waals surface area contributed by atoms with Crippen molar-refractivity contribution in [3.8, 4) is 0 Å². The van der Waals surface area contributed by atoms with Gasteiger partial charge in [0.25, 0.3) is 0 Å². The average Bonchev–Trinajstić information content (AvgIpc) is 2.68. The van der Waals surface area contributed by atoms with E-state index in [1.807, 2.05) is 0 Å². The molecule has 100 valence electrons. The molecule has 0 spiro atoms. The summed E-state index contributed by atoms with van der Waals surface area (Å²) in [5.41, 5.74) is 2.36. The molecule has 0 aliphatic carbocycles. The van der Waals surface area contributed by atoms with Crippen molar-refractivity contribution in [2.75, 3.05) is 39.3 Å². The third-order valence-electron chi connectivity index (χ3n) is 5.32. The van der Waals surface area contributed by atoms with Crippen molar-refractivity contribution >= 4 is 5.71 Å². The molecule has 19 heavy (non-hydrogen) atoms. The SMILES string of the molecule is O/N=C1\C2C[NH+]3CC[NH+](C2)CC1(c1ccccc1)C3. The van der Waals surface area contributed by atoms with E-state index in [0.29, 0.717) is 5.92 Å². The van der Waals surface area contributed by atoms with E-state index in [1.165, 1.54) is 18.7 Å². The highest BCUT2D eigenvalue weighted by Gasteiger charge is 2.58. The molecule has 0 saturated carbocycles. The molecule has 4 nitrogen and oxygen atoms in total. The lowest BCUT2D eigenvalue weighted by atomic mass is 9.66. The van der Waals surface area contributed by atoms with Gasteiger partial charge in [0, 0.05) is 0 Å². The van der Waals surface area contributed by atoms with Crippen LogP contribution in [0.4, 0.5) is 0 Å². The molecule has 4 aliphatic heterocycles. The van der Waals surface area contributed by atoms with Crippen molar-refractivity contribution < 1.29 is 15.0 Å². The second kappa shape index (κ2) is 4.05. The maximum atomic E-state index is 9.59. The molecule has 3 N–H and O–H groups in total.